The average Bonchev–Trinajstić information content (AvgIpc) is 3.88. The van der Waals surface area contributed by atoms with Crippen molar-refractivity contribution >= 4 is 64.3 Å². The lowest BCUT2D eigenvalue weighted by Gasteiger charge is -2.24. The van der Waals surface area contributed by atoms with E-state index in [0.29, 0.717) is 11.8 Å². The molecule has 0 aliphatic heterocycles. The van der Waals surface area contributed by atoms with Crippen molar-refractivity contribution in [1.82, 2.24) is 14.1 Å². The normalized spacial score (nSPS) is 12.1. The van der Waals surface area contributed by atoms with Gasteiger partial charge in [0.05, 0.1) is 38.1 Å². The number of benzene rings is 7. The van der Waals surface area contributed by atoms with Crippen LogP contribution in [0.1, 0.15) is 50.7 Å². The van der Waals surface area contributed by atoms with Crippen LogP contribution in [-0.2, 0) is 0 Å². The lowest BCUT2D eigenvalue weighted by molar-refractivity contribution is 0.812. The van der Waals surface area contributed by atoms with E-state index in [1.807, 2.05) is 11.3 Å². The zero-order valence-corrected chi connectivity index (χ0v) is 31.2. The highest BCUT2D eigenvalue weighted by atomic mass is 32.1. The van der Waals surface area contributed by atoms with Gasteiger partial charge in [0.2, 0.25) is 0 Å². The highest BCUT2D eigenvalue weighted by Crippen LogP contribution is 2.47. The molecule has 0 spiro atoms. The second kappa shape index (κ2) is 12.3. The highest BCUT2D eigenvalue weighted by molar-refractivity contribution is 7.26. The van der Waals surface area contributed by atoms with Crippen LogP contribution in [0.3, 0.4) is 0 Å². The third-order valence-corrected chi connectivity index (χ3v) is 12.1. The number of rotatable bonds is 6. The van der Waals surface area contributed by atoms with E-state index < -0.39 is 0 Å². The van der Waals surface area contributed by atoms with Crippen molar-refractivity contribution in [1.29, 1.82) is 0 Å². The molecule has 0 atom stereocenters. The number of nitrogens with zero attached hydrogens (tertiary/aromatic N) is 3. The van der Waals surface area contributed by atoms with Crippen LogP contribution in [0.5, 0.6) is 0 Å². The summed E-state index contributed by atoms with van der Waals surface area (Å²) in [5.74, 6) is 1.56. The molecule has 0 radical (unpaired) electrons. The number of hydrogen-bond donors (Lipinski definition) is 0. The number of aromatic nitrogens is 3. The predicted octanol–water partition coefficient (Wildman–Crippen LogP) is 14.1. The van der Waals surface area contributed by atoms with Gasteiger partial charge in [0.25, 0.3) is 0 Å². The Morgan fingerprint density at radius 3 is 1.74 bits per heavy atom. The van der Waals surface area contributed by atoms with Crippen LogP contribution in [0.2, 0.25) is 0 Å². The van der Waals surface area contributed by atoms with Crippen LogP contribution in [0.15, 0.2) is 152 Å². The van der Waals surface area contributed by atoms with Gasteiger partial charge >= 0.3 is 0 Å². The smallest absolute Gasteiger partial charge is 0.146 e. The summed E-state index contributed by atoms with van der Waals surface area (Å²) in [6.07, 6.45) is 0. The molecule has 3 aromatic heterocycles. The zero-order chi connectivity index (χ0) is 35.8. The fourth-order valence-corrected chi connectivity index (χ4v) is 9.64. The first kappa shape index (κ1) is 31.7. The summed E-state index contributed by atoms with van der Waals surface area (Å²) in [7, 11) is 0. The number of para-hydroxylation sites is 4. The molecule has 7 aromatic carbocycles. The van der Waals surface area contributed by atoms with Gasteiger partial charge in [-0.25, -0.2) is 4.98 Å². The molecule has 0 fully saturated rings. The van der Waals surface area contributed by atoms with Crippen molar-refractivity contribution in [3.8, 4) is 33.9 Å². The quantitative estimate of drug-likeness (QED) is 0.169. The summed E-state index contributed by atoms with van der Waals surface area (Å²) in [4.78, 5) is 5.53. The molecule has 0 saturated carbocycles. The molecule has 4 heteroatoms. The molecular formula is C49H39N3S. The Hall–Kier alpha value is -5.97. The molecule has 53 heavy (non-hydrogen) atoms. The van der Waals surface area contributed by atoms with Crippen molar-refractivity contribution in [2.24, 2.45) is 0 Å². The van der Waals surface area contributed by atoms with Gasteiger partial charge in [-0.1, -0.05) is 125 Å². The van der Waals surface area contributed by atoms with Crippen molar-refractivity contribution in [2.75, 3.05) is 0 Å². The van der Waals surface area contributed by atoms with E-state index in [1.54, 1.807) is 0 Å². The predicted molar refractivity (Wildman–Crippen MR) is 227 cm³/mol. The van der Waals surface area contributed by atoms with E-state index in [1.165, 1.54) is 75.6 Å². The highest BCUT2D eigenvalue weighted by Gasteiger charge is 2.26. The second-order valence-electron chi connectivity index (χ2n) is 14.7. The molecule has 0 bridgehead atoms. The van der Waals surface area contributed by atoms with Crippen LogP contribution in [0.4, 0.5) is 0 Å². The molecule has 0 amide bonds. The van der Waals surface area contributed by atoms with E-state index in [2.05, 4.69) is 188 Å². The lowest BCUT2D eigenvalue weighted by Crippen LogP contribution is -2.09. The molecule has 0 unspecified atom stereocenters. The Kier molecular flexibility index (Phi) is 7.38. The van der Waals surface area contributed by atoms with Crippen molar-refractivity contribution in [2.45, 2.75) is 39.5 Å². The summed E-state index contributed by atoms with van der Waals surface area (Å²) < 4.78 is 7.49. The zero-order valence-electron chi connectivity index (χ0n) is 30.3. The van der Waals surface area contributed by atoms with Crippen molar-refractivity contribution < 1.29 is 0 Å². The number of hydrogen-bond acceptors (Lipinski definition) is 2. The summed E-state index contributed by atoms with van der Waals surface area (Å²) in [6, 6.07) is 55.4. The molecular weight excluding hydrogens is 663 g/mol. The van der Waals surface area contributed by atoms with Gasteiger partial charge in [-0.3, -0.25) is 4.57 Å². The minimum Gasteiger partial charge on any atom is -0.308 e. The molecule has 0 N–H and O–H groups in total. The number of imidazole rings is 1. The first-order valence-corrected chi connectivity index (χ1v) is 19.4. The Morgan fingerprint density at radius 2 is 1.08 bits per heavy atom. The Labute approximate surface area is 313 Å². The summed E-state index contributed by atoms with van der Waals surface area (Å²) in [5, 5.41) is 5.05. The van der Waals surface area contributed by atoms with Crippen LogP contribution in [-0.4, -0.2) is 14.1 Å². The van der Waals surface area contributed by atoms with Gasteiger partial charge in [-0.2, -0.15) is 0 Å². The molecule has 0 saturated heterocycles. The summed E-state index contributed by atoms with van der Waals surface area (Å²) in [5.41, 5.74) is 13.3. The third-order valence-electron chi connectivity index (χ3n) is 10.9. The number of fused-ring (bicyclic) bond motifs is 7. The molecule has 3 nitrogen and oxygen atoms in total. The summed E-state index contributed by atoms with van der Waals surface area (Å²) in [6.45, 7) is 9.28. The SMILES string of the molecule is CC(C)c1cc(-c2ccccc2)cc(C(C)C)c1-n1c(-c2ccc(-n3c4ccccc4c4ccccc43)c3sc4ccccc4c23)nc2ccccc21. The topological polar surface area (TPSA) is 22.8 Å². The molecule has 10 aromatic rings. The first-order valence-electron chi connectivity index (χ1n) is 18.6. The maximum atomic E-state index is 5.53. The van der Waals surface area contributed by atoms with E-state index >= 15 is 0 Å². The first-order chi connectivity index (χ1) is 26.0. The molecule has 10 rings (SSSR count). The van der Waals surface area contributed by atoms with E-state index in [9.17, 15) is 0 Å². The Balaban J connectivity index is 1.32. The molecule has 256 valence electrons. The molecule has 3 heterocycles. The van der Waals surface area contributed by atoms with E-state index in [-0.39, 0.29) is 0 Å². The van der Waals surface area contributed by atoms with E-state index in [4.69, 9.17) is 4.98 Å². The van der Waals surface area contributed by atoms with Crippen molar-refractivity contribution in [3.63, 3.8) is 0 Å². The fraction of sp³-hybridized carbons (Fsp3) is 0.122. The van der Waals surface area contributed by atoms with E-state index in [0.717, 1.165) is 22.4 Å². The Bertz CT molecular complexity index is 2930. The van der Waals surface area contributed by atoms with Crippen LogP contribution >= 0.6 is 11.3 Å². The van der Waals surface area contributed by atoms with Gasteiger partial charge in [0.1, 0.15) is 5.82 Å². The lowest BCUT2D eigenvalue weighted by atomic mass is 9.88. The maximum absolute atomic E-state index is 5.53. The van der Waals surface area contributed by atoms with Gasteiger partial charge in [-0.05, 0) is 88.7 Å². The second-order valence-corrected chi connectivity index (χ2v) is 15.8. The fourth-order valence-electron chi connectivity index (χ4n) is 8.41. The van der Waals surface area contributed by atoms with Crippen LogP contribution in [0, 0.1) is 0 Å². The average molecular weight is 702 g/mol. The number of thiophene rings is 1. The van der Waals surface area contributed by atoms with Crippen molar-refractivity contribution in [3.05, 3.63) is 163 Å². The largest absolute Gasteiger partial charge is 0.308 e. The van der Waals surface area contributed by atoms with Crippen LogP contribution < -0.4 is 0 Å². The van der Waals surface area contributed by atoms with Gasteiger partial charge in [0, 0.05) is 31.8 Å². The maximum Gasteiger partial charge on any atom is 0.146 e. The summed E-state index contributed by atoms with van der Waals surface area (Å²) >= 11 is 1.88. The molecule has 0 aliphatic rings. The minimum absolute atomic E-state index is 0.292. The van der Waals surface area contributed by atoms with Crippen LogP contribution in [0.25, 0.3) is 86.9 Å². The monoisotopic (exact) mass is 701 g/mol. The van der Waals surface area contributed by atoms with Gasteiger partial charge in [0.15, 0.2) is 0 Å². The Morgan fingerprint density at radius 1 is 0.509 bits per heavy atom. The molecule has 0 aliphatic carbocycles. The minimum atomic E-state index is 0.292. The van der Waals surface area contributed by atoms with Gasteiger partial charge in [-0.15, -0.1) is 11.3 Å². The standard InChI is InChI=1S/C49H39N3S/c1-30(2)38-28-33(32-16-6-5-7-17-32)29-39(31(3)4)47(38)52-43-24-14-11-21-40(43)50-49(52)37-26-27-44(48-46(37)36-20-10-15-25-45(36)53-48)51-41-22-12-8-18-34(41)35-19-9-13-23-42(35)51/h5-31H,1-4H3. The third kappa shape index (κ3) is 4.89. The van der Waals surface area contributed by atoms with Gasteiger partial charge < -0.3 is 4.57 Å².